The zero-order chi connectivity index (χ0) is 16.2. The second-order valence-electron chi connectivity index (χ2n) is 5.26. The van der Waals surface area contributed by atoms with Crippen molar-refractivity contribution in [2.24, 2.45) is 5.41 Å². The van der Waals surface area contributed by atoms with E-state index in [1.54, 1.807) is 0 Å². The predicted octanol–water partition coefficient (Wildman–Crippen LogP) is 0.926. The van der Waals surface area contributed by atoms with E-state index in [1.807, 2.05) is 20.8 Å². The average Bonchev–Trinajstić information content (AvgIpc) is 2.52. The molecule has 0 spiro atoms. The Balaban J connectivity index is 5.36. The zero-order valence-electron chi connectivity index (χ0n) is 13.6. The van der Waals surface area contributed by atoms with Gasteiger partial charge in [-0.05, 0) is 19.3 Å². The van der Waals surface area contributed by atoms with Crippen LogP contribution in [0.1, 0.15) is 40.0 Å². The van der Waals surface area contributed by atoms with E-state index in [4.69, 9.17) is 14.2 Å². The molecule has 0 atom stereocenters. The second-order valence-corrected chi connectivity index (χ2v) is 5.26. The predicted molar refractivity (Wildman–Crippen MR) is 80.0 cm³/mol. The fourth-order valence-corrected chi connectivity index (χ4v) is 1.98. The third-order valence-electron chi connectivity index (χ3n) is 3.44. The molecule has 0 aliphatic carbocycles. The van der Waals surface area contributed by atoms with Gasteiger partial charge in [-0.2, -0.15) is 0 Å². The van der Waals surface area contributed by atoms with Crippen LogP contribution in [-0.4, -0.2) is 67.4 Å². The Kier molecular flexibility index (Phi) is 11.2. The summed E-state index contributed by atoms with van der Waals surface area (Å²) >= 11 is 0. The molecule has 0 fully saturated rings. The number of hydrogen-bond acceptors (Lipinski definition) is 6. The van der Waals surface area contributed by atoms with Gasteiger partial charge >= 0.3 is 0 Å². The highest BCUT2D eigenvalue weighted by molar-refractivity contribution is 4.94. The first-order chi connectivity index (χ1) is 10.1. The summed E-state index contributed by atoms with van der Waals surface area (Å²) in [6, 6.07) is 0. The van der Waals surface area contributed by atoms with Crippen molar-refractivity contribution in [2.45, 2.75) is 45.8 Å². The third-order valence-corrected chi connectivity index (χ3v) is 3.44. The van der Waals surface area contributed by atoms with Crippen LogP contribution in [0.4, 0.5) is 0 Å². The summed E-state index contributed by atoms with van der Waals surface area (Å²) in [6.45, 7) is 5.88. The Morgan fingerprint density at radius 3 is 1.48 bits per heavy atom. The highest BCUT2D eigenvalue weighted by Gasteiger charge is 2.53. The van der Waals surface area contributed by atoms with Crippen LogP contribution in [0.15, 0.2) is 0 Å². The first kappa shape index (κ1) is 20.8. The van der Waals surface area contributed by atoms with Gasteiger partial charge in [-0.25, -0.2) is 0 Å². The molecule has 0 radical (unpaired) electrons. The molecular weight excluding hydrogens is 276 g/mol. The molecule has 128 valence electrons. The summed E-state index contributed by atoms with van der Waals surface area (Å²) in [5.41, 5.74) is -1.31. The summed E-state index contributed by atoms with van der Waals surface area (Å²) in [5, 5.41) is 29.2. The highest BCUT2D eigenvalue weighted by Crippen LogP contribution is 2.36. The lowest BCUT2D eigenvalue weighted by Gasteiger charge is -2.46. The molecule has 3 N–H and O–H groups in total. The van der Waals surface area contributed by atoms with Crippen molar-refractivity contribution in [3.63, 3.8) is 0 Å². The largest absolute Gasteiger partial charge is 0.395 e. The van der Waals surface area contributed by atoms with E-state index in [2.05, 4.69) is 0 Å². The normalized spacial score (nSPS) is 12.9. The molecule has 6 nitrogen and oxygen atoms in total. The van der Waals surface area contributed by atoms with Crippen LogP contribution < -0.4 is 0 Å². The first-order valence-electron chi connectivity index (χ1n) is 7.80. The minimum absolute atomic E-state index is 0.0581. The summed E-state index contributed by atoms with van der Waals surface area (Å²) in [6.07, 6.45) is 2.34. The SMILES string of the molecule is CCCOCC(OCCC)(OCCC)C(CO)(CO)CO. The Labute approximate surface area is 128 Å². The van der Waals surface area contributed by atoms with Gasteiger partial charge in [-0.3, -0.25) is 0 Å². The minimum Gasteiger partial charge on any atom is -0.395 e. The summed E-state index contributed by atoms with van der Waals surface area (Å²) < 4.78 is 17.2. The molecular formula is C15H32O6. The van der Waals surface area contributed by atoms with Gasteiger partial charge in [0, 0.05) is 19.8 Å². The fraction of sp³-hybridized carbons (Fsp3) is 1.00. The molecule has 0 aromatic heterocycles. The fourth-order valence-electron chi connectivity index (χ4n) is 1.98. The molecule has 0 aliphatic rings. The number of hydrogen-bond donors (Lipinski definition) is 3. The van der Waals surface area contributed by atoms with Crippen LogP contribution in [-0.2, 0) is 14.2 Å². The molecule has 6 heteroatoms. The number of aliphatic hydroxyl groups excluding tert-OH is 3. The van der Waals surface area contributed by atoms with Crippen molar-refractivity contribution < 1.29 is 29.5 Å². The van der Waals surface area contributed by atoms with E-state index in [0.29, 0.717) is 19.8 Å². The lowest BCUT2D eigenvalue weighted by atomic mass is 9.81. The van der Waals surface area contributed by atoms with Gasteiger partial charge in [0.05, 0.1) is 25.2 Å². The van der Waals surface area contributed by atoms with Gasteiger partial charge in [0.2, 0.25) is 5.79 Å². The van der Waals surface area contributed by atoms with Crippen LogP contribution in [0.3, 0.4) is 0 Å². The molecule has 0 aromatic carbocycles. The summed E-state index contributed by atoms with van der Waals surface area (Å²) in [5.74, 6) is -1.35. The standard InChI is InChI=1S/C15H32O6/c1-4-7-19-13-15(20-8-5-2,21-9-6-3)14(10-16,11-17)12-18/h16-18H,4-13H2,1-3H3. The van der Waals surface area contributed by atoms with E-state index in [9.17, 15) is 15.3 Å². The van der Waals surface area contributed by atoms with Crippen LogP contribution >= 0.6 is 0 Å². The van der Waals surface area contributed by atoms with Gasteiger partial charge in [0.15, 0.2) is 0 Å². The van der Waals surface area contributed by atoms with Crippen molar-refractivity contribution in [1.29, 1.82) is 0 Å². The molecule has 0 aromatic rings. The summed E-state index contributed by atoms with van der Waals surface area (Å²) in [4.78, 5) is 0. The Hall–Kier alpha value is -0.240. The molecule has 0 amide bonds. The van der Waals surface area contributed by atoms with Gasteiger partial charge in [-0.1, -0.05) is 20.8 Å². The Bertz CT molecular complexity index is 226. The molecule has 0 rings (SSSR count). The molecule has 0 saturated carbocycles. The van der Waals surface area contributed by atoms with Crippen LogP contribution in [0.2, 0.25) is 0 Å². The minimum atomic E-state index is -1.35. The molecule has 0 saturated heterocycles. The van der Waals surface area contributed by atoms with Gasteiger partial charge < -0.3 is 29.5 Å². The number of aliphatic hydroxyl groups is 3. The van der Waals surface area contributed by atoms with Crippen LogP contribution in [0.25, 0.3) is 0 Å². The van der Waals surface area contributed by atoms with Gasteiger partial charge in [0.1, 0.15) is 6.61 Å². The van der Waals surface area contributed by atoms with E-state index in [0.717, 1.165) is 19.3 Å². The van der Waals surface area contributed by atoms with Crippen molar-refractivity contribution in [2.75, 3.05) is 46.2 Å². The van der Waals surface area contributed by atoms with Crippen molar-refractivity contribution in [3.05, 3.63) is 0 Å². The summed E-state index contributed by atoms with van der Waals surface area (Å²) in [7, 11) is 0. The third kappa shape index (κ3) is 5.47. The zero-order valence-corrected chi connectivity index (χ0v) is 13.6. The molecule has 0 heterocycles. The average molecular weight is 308 g/mol. The van der Waals surface area contributed by atoms with Crippen molar-refractivity contribution in [3.8, 4) is 0 Å². The van der Waals surface area contributed by atoms with Gasteiger partial charge in [0.25, 0.3) is 0 Å². The number of rotatable bonds is 14. The second kappa shape index (κ2) is 11.3. The maximum absolute atomic E-state index is 9.73. The molecule has 0 aliphatic heterocycles. The maximum atomic E-state index is 9.73. The quantitative estimate of drug-likeness (QED) is 0.327. The van der Waals surface area contributed by atoms with E-state index in [-0.39, 0.29) is 6.61 Å². The van der Waals surface area contributed by atoms with Crippen LogP contribution in [0, 0.1) is 5.41 Å². The van der Waals surface area contributed by atoms with E-state index in [1.165, 1.54) is 0 Å². The van der Waals surface area contributed by atoms with E-state index >= 15 is 0 Å². The van der Waals surface area contributed by atoms with Gasteiger partial charge in [-0.15, -0.1) is 0 Å². The molecule has 21 heavy (non-hydrogen) atoms. The maximum Gasteiger partial charge on any atom is 0.204 e. The topological polar surface area (TPSA) is 88.4 Å². The Morgan fingerprint density at radius 2 is 1.14 bits per heavy atom. The lowest BCUT2D eigenvalue weighted by molar-refractivity contribution is -0.337. The highest BCUT2D eigenvalue weighted by atomic mass is 16.7. The first-order valence-corrected chi connectivity index (χ1v) is 7.80. The van der Waals surface area contributed by atoms with Crippen molar-refractivity contribution >= 4 is 0 Å². The smallest absolute Gasteiger partial charge is 0.204 e. The monoisotopic (exact) mass is 308 g/mol. The van der Waals surface area contributed by atoms with Crippen molar-refractivity contribution in [1.82, 2.24) is 0 Å². The lowest BCUT2D eigenvalue weighted by Crippen LogP contribution is -2.61. The Morgan fingerprint density at radius 1 is 0.714 bits per heavy atom. The number of ether oxygens (including phenoxy) is 3. The molecule has 0 bridgehead atoms. The molecule has 0 unspecified atom stereocenters. The van der Waals surface area contributed by atoms with E-state index < -0.39 is 31.0 Å². The van der Waals surface area contributed by atoms with Crippen LogP contribution in [0.5, 0.6) is 0 Å².